The Morgan fingerprint density at radius 1 is 1.11 bits per heavy atom. The number of halogens is 2. The van der Waals surface area contributed by atoms with Crippen LogP contribution in [0.2, 0.25) is 5.02 Å². The van der Waals surface area contributed by atoms with Crippen molar-refractivity contribution < 1.29 is 12.8 Å². The summed E-state index contributed by atoms with van der Waals surface area (Å²) in [5.41, 5.74) is 0.786. The average molecular weight is 300 g/mol. The largest absolute Gasteiger partial charge is 0.243 e. The molecule has 100 valence electrons. The van der Waals surface area contributed by atoms with E-state index in [1.165, 1.54) is 6.07 Å². The van der Waals surface area contributed by atoms with Gasteiger partial charge in [-0.25, -0.2) is 17.5 Å². The summed E-state index contributed by atoms with van der Waals surface area (Å²) in [6, 6.07) is 12.4. The third-order valence-corrected chi connectivity index (χ3v) is 4.14. The maximum atomic E-state index is 13.5. The van der Waals surface area contributed by atoms with E-state index in [2.05, 4.69) is 4.72 Å². The van der Waals surface area contributed by atoms with Gasteiger partial charge in [0.15, 0.2) is 0 Å². The highest BCUT2D eigenvalue weighted by Crippen LogP contribution is 2.19. The molecule has 1 N–H and O–H groups in total. The highest BCUT2D eigenvalue weighted by atomic mass is 35.5. The SMILES string of the molecule is O=S(=O)(NCc1ccccc1)c1cc(Cl)ccc1F. The number of benzene rings is 2. The van der Waals surface area contributed by atoms with Crippen molar-refractivity contribution in [3.05, 3.63) is 64.9 Å². The molecule has 0 saturated heterocycles. The van der Waals surface area contributed by atoms with Gasteiger partial charge in [0.05, 0.1) is 0 Å². The minimum absolute atomic E-state index is 0.0924. The quantitative estimate of drug-likeness (QED) is 0.943. The zero-order valence-electron chi connectivity index (χ0n) is 9.81. The second kappa shape index (κ2) is 5.69. The summed E-state index contributed by atoms with van der Waals surface area (Å²) < 4.78 is 39.8. The summed E-state index contributed by atoms with van der Waals surface area (Å²) in [5.74, 6) is -0.829. The summed E-state index contributed by atoms with van der Waals surface area (Å²) in [5, 5.41) is 0.168. The molecule has 0 atom stereocenters. The number of hydrogen-bond acceptors (Lipinski definition) is 2. The van der Waals surface area contributed by atoms with Crippen molar-refractivity contribution >= 4 is 21.6 Å². The first kappa shape index (κ1) is 14.0. The zero-order valence-corrected chi connectivity index (χ0v) is 11.4. The number of rotatable bonds is 4. The molecule has 0 spiro atoms. The lowest BCUT2D eigenvalue weighted by molar-refractivity contribution is 0.557. The van der Waals surface area contributed by atoms with Crippen LogP contribution in [0.25, 0.3) is 0 Å². The van der Waals surface area contributed by atoms with E-state index in [0.717, 1.165) is 17.7 Å². The molecule has 19 heavy (non-hydrogen) atoms. The van der Waals surface area contributed by atoms with Crippen LogP contribution >= 0.6 is 11.6 Å². The van der Waals surface area contributed by atoms with Crippen LogP contribution in [-0.4, -0.2) is 8.42 Å². The van der Waals surface area contributed by atoms with Gasteiger partial charge in [0.1, 0.15) is 10.7 Å². The van der Waals surface area contributed by atoms with E-state index >= 15 is 0 Å². The van der Waals surface area contributed by atoms with Gasteiger partial charge < -0.3 is 0 Å². The van der Waals surface area contributed by atoms with E-state index in [0.29, 0.717) is 0 Å². The van der Waals surface area contributed by atoms with Gasteiger partial charge in [-0.05, 0) is 23.8 Å². The van der Waals surface area contributed by atoms with Crippen LogP contribution in [0, 0.1) is 5.82 Å². The first-order valence-corrected chi connectivity index (χ1v) is 7.34. The molecule has 0 heterocycles. The van der Waals surface area contributed by atoms with Crippen molar-refractivity contribution in [1.29, 1.82) is 0 Å². The van der Waals surface area contributed by atoms with Crippen LogP contribution in [0.15, 0.2) is 53.4 Å². The van der Waals surface area contributed by atoms with E-state index in [-0.39, 0.29) is 11.6 Å². The van der Waals surface area contributed by atoms with Crippen LogP contribution in [0.1, 0.15) is 5.56 Å². The molecule has 0 fully saturated rings. The van der Waals surface area contributed by atoms with Gasteiger partial charge in [0.25, 0.3) is 0 Å². The Morgan fingerprint density at radius 3 is 2.47 bits per heavy atom. The first-order valence-electron chi connectivity index (χ1n) is 5.48. The van der Waals surface area contributed by atoms with Crippen LogP contribution in [0.3, 0.4) is 0 Å². The highest BCUT2D eigenvalue weighted by Gasteiger charge is 2.19. The zero-order chi connectivity index (χ0) is 13.9. The van der Waals surface area contributed by atoms with Gasteiger partial charge in [0, 0.05) is 11.6 Å². The Morgan fingerprint density at radius 2 is 1.79 bits per heavy atom. The Bertz CT molecular complexity index is 674. The fourth-order valence-electron chi connectivity index (χ4n) is 1.54. The van der Waals surface area contributed by atoms with E-state index in [1.807, 2.05) is 6.07 Å². The minimum Gasteiger partial charge on any atom is -0.207 e. The predicted molar refractivity (Wildman–Crippen MR) is 71.9 cm³/mol. The summed E-state index contributed by atoms with van der Waals surface area (Å²) in [7, 11) is -3.92. The molecule has 2 rings (SSSR count). The van der Waals surface area contributed by atoms with E-state index in [1.54, 1.807) is 24.3 Å². The summed E-state index contributed by atoms with van der Waals surface area (Å²) in [6.07, 6.45) is 0. The lowest BCUT2D eigenvalue weighted by Crippen LogP contribution is -2.24. The molecule has 0 radical (unpaired) electrons. The van der Waals surface area contributed by atoms with Crippen LogP contribution in [-0.2, 0) is 16.6 Å². The predicted octanol–water partition coefficient (Wildman–Crippen LogP) is 2.96. The van der Waals surface area contributed by atoms with Crippen LogP contribution in [0.5, 0.6) is 0 Å². The second-order valence-electron chi connectivity index (χ2n) is 3.88. The average Bonchev–Trinajstić information content (AvgIpc) is 2.40. The maximum Gasteiger partial charge on any atom is 0.243 e. The van der Waals surface area contributed by atoms with Gasteiger partial charge >= 0.3 is 0 Å². The number of sulfonamides is 1. The van der Waals surface area contributed by atoms with Gasteiger partial charge in [-0.15, -0.1) is 0 Å². The van der Waals surface area contributed by atoms with Crippen molar-refractivity contribution in [2.75, 3.05) is 0 Å². The minimum atomic E-state index is -3.92. The van der Waals surface area contributed by atoms with Gasteiger partial charge in [0.2, 0.25) is 10.0 Å². The number of hydrogen-bond donors (Lipinski definition) is 1. The van der Waals surface area contributed by atoms with Crippen LogP contribution < -0.4 is 4.72 Å². The van der Waals surface area contributed by atoms with E-state index in [4.69, 9.17) is 11.6 Å². The standard InChI is InChI=1S/C13H11ClFNO2S/c14-11-6-7-12(15)13(8-11)19(17,18)16-9-10-4-2-1-3-5-10/h1-8,16H,9H2. The highest BCUT2D eigenvalue weighted by molar-refractivity contribution is 7.89. The van der Waals surface area contributed by atoms with Crippen molar-refractivity contribution in [3.8, 4) is 0 Å². The van der Waals surface area contributed by atoms with Crippen molar-refractivity contribution in [2.24, 2.45) is 0 Å². The monoisotopic (exact) mass is 299 g/mol. The van der Waals surface area contributed by atoms with Gasteiger partial charge in [-0.2, -0.15) is 0 Å². The molecule has 0 bridgehead atoms. The van der Waals surface area contributed by atoms with Gasteiger partial charge in [-0.3, -0.25) is 0 Å². The fourth-order valence-corrected chi connectivity index (χ4v) is 2.89. The first-order chi connectivity index (χ1) is 8.99. The molecular formula is C13H11ClFNO2S. The fraction of sp³-hybridized carbons (Fsp3) is 0.0769. The van der Waals surface area contributed by atoms with E-state index < -0.39 is 20.7 Å². The smallest absolute Gasteiger partial charge is 0.207 e. The Kier molecular flexibility index (Phi) is 4.19. The Labute approximate surface area is 116 Å². The molecule has 0 aromatic heterocycles. The molecule has 0 amide bonds. The van der Waals surface area contributed by atoms with Crippen molar-refractivity contribution in [2.45, 2.75) is 11.4 Å². The molecule has 6 heteroatoms. The Hall–Kier alpha value is -1.43. The molecular weight excluding hydrogens is 289 g/mol. The molecule has 0 unspecified atom stereocenters. The lowest BCUT2D eigenvalue weighted by atomic mass is 10.2. The molecule has 0 saturated carbocycles. The second-order valence-corrected chi connectivity index (χ2v) is 6.06. The summed E-state index contributed by atoms with van der Waals surface area (Å²) in [6.45, 7) is 0.0924. The third kappa shape index (κ3) is 3.53. The molecule has 3 nitrogen and oxygen atoms in total. The summed E-state index contributed by atoms with van der Waals surface area (Å²) >= 11 is 5.68. The third-order valence-electron chi connectivity index (χ3n) is 2.49. The Balaban J connectivity index is 2.21. The molecule has 2 aromatic carbocycles. The summed E-state index contributed by atoms with van der Waals surface area (Å²) in [4.78, 5) is -0.448. The molecule has 2 aromatic rings. The van der Waals surface area contributed by atoms with E-state index in [9.17, 15) is 12.8 Å². The molecule has 0 aliphatic heterocycles. The van der Waals surface area contributed by atoms with Crippen LogP contribution in [0.4, 0.5) is 4.39 Å². The normalized spacial score (nSPS) is 11.5. The lowest BCUT2D eigenvalue weighted by Gasteiger charge is -2.08. The maximum absolute atomic E-state index is 13.5. The van der Waals surface area contributed by atoms with Crippen molar-refractivity contribution in [3.63, 3.8) is 0 Å². The molecule has 0 aliphatic rings. The number of nitrogens with one attached hydrogen (secondary N) is 1. The molecule has 0 aliphatic carbocycles. The van der Waals surface area contributed by atoms with Crippen molar-refractivity contribution in [1.82, 2.24) is 4.72 Å². The topological polar surface area (TPSA) is 46.2 Å². The van der Waals surface area contributed by atoms with Gasteiger partial charge in [-0.1, -0.05) is 41.9 Å².